The number of carboxylic acid groups (broad SMARTS) is 1. The Kier molecular flexibility index (Phi) is 5.99. The highest BCUT2D eigenvalue weighted by Gasteiger charge is 2.26. The third-order valence-electron chi connectivity index (χ3n) is 4.68. The van der Waals surface area contributed by atoms with E-state index in [0.29, 0.717) is 38.5 Å². The van der Waals surface area contributed by atoms with Gasteiger partial charge in [0.15, 0.2) is 0 Å². The minimum Gasteiger partial charge on any atom is -0.481 e. The summed E-state index contributed by atoms with van der Waals surface area (Å²) < 4.78 is 0. The molecule has 0 aromatic heterocycles. The molecule has 0 aliphatic carbocycles. The number of hydrogen-bond donors (Lipinski definition) is 2. The zero-order valence-corrected chi connectivity index (χ0v) is 12.9. The van der Waals surface area contributed by atoms with Crippen LogP contribution in [-0.2, 0) is 9.59 Å². The van der Waals surface area contributed by atoms with Gasteiger partial charge in [0.05, 0.1) is 12.5 Å². The van der Waals surface area contributed by atoms with Gasteiger partial charge in [-0.2, -0.15) is 0 Å². The average molecular weight is 297 g/mol. The van der Waals surface area contributed by atoms with Crippen molar-refractivity contribution < 1.29 is 14.7 Å². The highest BCUT2D eigenvalue weighted by Crippen LogP contribution is 2.17. The number of nitrogens with one attached hydrogen (secondary N) is 1. The van der Waals surface area contributed by atoms with Gasteiger partial charge in [0.2, 0.25) is 5.91 Å². The molecule has 6 nitrogen and oxygen atoms in total. The van der Waals surface area contributed by atoms with Gasteiger partial charge in [-0.3, -0.25) is 14.5 Å². The number of likely N-dealkylation sites (tertiary alicyclic amines) is 2. The Hall–Kier alpha value is -1.14. The SMILES string of the molecule is CC(CNCC(=O)N1CCC(C(=O)O)CC1)N1CCCC1. The number of hydrogen-bond acceptors (Lipinski definition) is 4. The molecular weight excluding hydrogens is 270 g/mol. The molecule has 21 heavy (non-hydrogen) atoms. The molecule has 2 saturated heterocycles. The largest absolute Gasteiger partial charge is 0.481 e. The quantitative estimate of drug-likeness (QED) is 0.742. The van der Waals surface area contributed by atoms with Crippen molar-refractivity contribution >= 4 is 11.9 Å². The fraction of sp³-hybridized carbons (Fsp3) is 0.867. The van der Waals surface area contributed by atoms with Gasteiger partial charge in [-0.25, -0.2) is 0 Å². The molecule has 1 amide bonds. The van der Waals surface area contributed by atoms with Gasteiger partial charge in [-0.1, -0.05) is 0 Å². The van der Waals surface area contributed by atoms with E-state index in [4.69, 9.17) is 5.11 Å². The van der Waals surface area contributed by atoms with Crippen molar-refractivity contribution in [3.63, 3.8) is 0 Å². The van der Waals surface area contributed by atoms with Crippen LogP contribution in [0.1, 0.15) is 32.6 Å². The second-order valence-corrected chi connectivity index (χ2v) is 6.22. The van der Waals surface area contributed by atoms with E-state index in [0.717, 1.165) is 6.54 Å². The molecule has 0 aromatic rings. The van der Waals surface area contributed by atoms with Gasteiger partial charge >= 0.3 is 5.97 Å². The van der Waals surface area contributed by atoms with Crippen LogP contribution in [-0.4, -0.2) is 72.1 Å². The Morgan fingerprint density at radius 2 is 1.81 bits per heavy atom. The van der Waals surface area contributed by atoms with Crippen LogP contribution in [0.5, 0.6) is 0 Å². The van der Waals surface area contributed by atoms with Crippen LogP contribution in [0.15, 0.2) is 0 Å². The van der Waals surface area contributed by atoms with Crippen LogP contribution in [0, 0.1) is 5.92 Å². The van der Waals surface area contributed by atoms with E-state index in [2.05, 4.69) is 17.1 Å². The van der Waals surface area contributed by atoms with Crippen LogP contribution < -0.4 is 5.32 Å². The molecule has 6 heteroatoms. The fourth-order valence-electron chi connectivity index (χ4n) is 3.19. The highest BCUT2D eigenvalue weighted by atomic mass is 16.4. The Labute approximate surface area is 126 Å². The van der Waals surface area contributed by atoms with E-state index < -0.39 is 5.97 Å². The van der Waals surface area contributed by atoms with Gasteiger partial charge in [-0.15, -0.1) is 0 Å². The maximum absolute atomic E-state index is 12.1. The van der Waals surface area contributed by atoms with Crippen molar-refractivity contribution in [1.82, 2.24) is 15.1 Å². The molecule has 0 bridgehead atoms. The number of piperidine rings is 1. The third kappa shape index (κ3) is 4.68. The molecule has 0 aromatic carbocycles. The molecule has 1 atom stereocenters. The van der Waals surface area contributed by atoms with Crippen molar-refractivity contribution in [2.75, 3.05) is 39.3 Å². The summed E-state index contributed by atoms with van der Waals surface area (Å²) in [6, 6.07) is 0.470. The first-order valence-electron chi connectivity index (χ1n) is 8.03. The maximum atomic E-state index is 12.1. The Morgan fingerprint density at radius 3 is 2.38 bits per heavy atom. The summed E-state index contributed by atoms with van der Waals surface area (Å²) in [4.78, 5) is 27.2. The summed E-state index contributed by atoms with van der Waals surface area (Å²) >= 11 is 0. The van der Waals surface area contributed by atoms with Crippen LogP contribution >= 0.6 is 0 Å². The number of carbonyl (C=O) groups is 2. The summed E-state index contributed by atoms with van der Waals surface area (Å²) in [7, 11) is 0. The fourth-order valence-corrected chi connectivity index (χ4v) is 3.19. The number of carboxylic acids is 1. The van der Waals surface area contributed by atoms with E-state index in [1.807, 2.05) is 0 Å². The summed E-state index contributed by atoms with van der Waals surface area (Å²) in [5, 5.41) is 12.2. The second-order valence-electron chi connectivity index (χ2n) is 6.22. The predicted octanol–water partition coefficient (Wildman–Crippen LogP) is 0.384. The molecule has 0 spiro atoms. The van der Waals surface area contributed by atoms with Crippen molar-refractivity contribution in [3.05, 3.63) is 0 Å². The molecule has 2 N–H and O–H groups in total. The van der Waals surface area contributed by atoms with Crippen molar-refractivity contribution in [1.29, 1.82) is 0 Å². The molecule has 0 radical (unpaired) electrons. The minimum absolute atomic E-state index is 0.0902. The smallest absolute Gasteiger partial charge is 0.306 e. The van der Waals surface area contributed by atoms with E-state index >= 15 is 0 Å². The van der Waals surface area contributed by atoms with Crippen molar-refractivity contribution in [3.8, 4) is 0 Å². The zero-order chi connectivity index (χ0) is 15.2. The molecule has 2 heterocycles. The Morgan fingerprint density at radius 1 is 1.19 bits per heavy atom. The second kappa shape index (κ2) is 7.75. The molecule has 120 valence electrons. The summed E-state index contributed by atoms with van der Waals surface area (Å²) in [5.74, 6) is -0.927. The van der Waals surface area contributed by atoms with Gasteiger partial charge in [0.1, 0.15) is 0 Å². The van der Waals surface area contributed by atoms with Crippen molar-refractivity contribution in [2.24, 2.45) is 5.92 Å². The Balaban J connectivity index is 1.62. The number of rotatable bonds is 6. The lowest BCUT2D eigenvalue weighted by atomic mass is 9.97. The standard InChI is InChI=1S/C15H27N3O3/c1-12(17-6-2-3-7-17)10-16-11-14(19)18-8-4-13(5-9-18)15(20)21/h12-13,16H,2-11H2,1H3,(H,20,21). The van der Waals surface area contributed by atoms with Gasteiger partial charge in [0, 0.05) is 25.7 Å². The first kappa shape index (κ1) is 16.2. The molecule has 2 aliphatic rings. The third-order valence-corrected chi connectivity index (χ3v) is 4.68. The van der Waals surface area contributed by atoms with Gasteiger partial charge in [-0.05, 0) is 45.7 Å². The molecule has 2 rings (SSSR count). The number of amides is 1. The highest BCUT2D eigenvalue weighted by molar-refractivity contribution is 5.78. The van der Waals surface area contributed by atoms with Crippen LogP contribution in [0.4, 0.5) is 0 Å². The van der Waals surface area contributed by atoms with Crippen molar-refractivity contribution in [2.45, 2.75) is 38.6 Å². The van der Waals surface area contributed by atoms with Gasteiger partial charge < -0.3 is 15.3 Å². The average Bonchev–Trinajstić information content (AvgIpc) is 3.01. The Bertz CT molecular complexity index is 361. The lowest BCUT2D eigenvalue weighted by molar-refractivity contribution is -0.145. The predicted molar refractivity (Wildman–Crippen MR) is 80.1 cm³/mol. The lowest BCUT2D eigenvalue weighted by Gasteiger charge is -2.30. The zero-order valence-electron chi connectivity index (χ0n) is 12.9. The summed E-state index contributed by atoms with van der Waals surface area (Å²) in [6.45, 7) is 6.85. The summed E-state index contributed by atoms with van der Waals surface area (Å²) in [5.41, 5.74) is 0. The number of nitrogens with zero attached hydrogens (tertiary/aromatic N) is 2. The molecule has 0 saturated carbocycles. The molecule has 1 unspecified atom stereocenters. The van der Waals surface area contributed by atoms with E-state index in [9.17, 15) is 9.59 Å². The first-order chi connectivity index (χ1) is 10.1. The topological polar surface area (TPSA) is 72.9 Å². The summed E-state index contributed by atoms with van der Waals surface area (Å²) in [6.07, 6.45) is 3.71. The van der Waals surface area contributed by atoms with E-state index in [1.165, 1.54) is 25.9 Å². The van der Waals surface area contributed by atoms with Crippen LogP contribution in [0.2, 0.25) is 0 Å². The molecule has 2 aliphatic heterocycles. The van der Waals surface area contributed by atoms with E-state index in [-0.39, 0.29) is 11.8 Å². The molecule has 2 fully saturated rings. The number of aliphatic carboxylic acids is 1. The van der Waals surface area contributed by atoms with Gasteiger partial charge in [0.25, 0.3) is 0 Å². The lowest BCUT2D eigenvalue weighted by Crippen LogP contribution is -2.46. The monoisotopic (exact) mass is 297 g/mol. The number of carbonyl (C=O) groups excluding carboxylic acids is 1. The first-order valence-corrected chi connectivity index (χ1v) is 8.03. The van der Waals surface area contributed by atoms with Crippen LogP contribution in [0.25, 0.3) is 0 Å². The molecular formula is C15H27N3O3. The minimum atomic E-state index is -0.736. The van der Waals surface area contributed by atoms with Crippen LogP contribution in [0.3, 0.4) is 0 Å². The van der Waals surface area contributed by atoms with E-state index in [1.54, 1.807) is 4.90 Å². The maximum Gasteiger partial charge on any atom is 0.306 e. The normalized spacial score (nSPS) is 22.4.